The number of nitrogens with one attached hydrogen (secondary N) is 2. The molecule has 0 fully saturated rings. The molecular formula is C27H25ClN2O5S. The van der Waals surface area contributed by atoms with Gasteiger partial charge in [-0.2, -0.15) is 0 Å². The van der Waals surface area contributed by atoms with Gasteiger partial charge in [0.05, 0.1) is 0 Å². The van der Waals surface area contributed by atoms with E-state index in [0.717, 1.165) is 9.79 Å². The van der Waals surface area contributed by atoms with E-state index < -0.39 is 18.5 Å². The summed E-state index contributed by atoms with van der Waals surface area (Å²) in [7, 11) is 0. The maximum atomic E-state index is 12.2. The third-order valence-corrected chi connectivity index (χ3v) is 6.16. The fourth-order valence-corrected chi connectivity index (χ4v) is 4.04. The van der Waals surface area contributed by atoms with Gasteiger partial charge >= 0.3 is 5.97 Å². The molecule has 0 unspecified atom stereocenters. The Bertz CT molecular complexity index is 1230. The largest absolute Gasteiger partial charge is 0.456 e. The number of carbonyl (C=O) groups is 4. The maximum Gasteiger partial charge on any atom is 0.306 e. The molecule has 2 N–H and O–H groups in total. The fourth-order valence-electron chi connectivity index (χ4n) is 3.09. The average Bonchev–Trinajstić information content (AvgIpc) is 2.85. The molecule has 0 aliphatic heterocycles. The van der Waals surface area contributed by atoms with E-state index in [1.54, 1.807) is 36.0 Å². The molecule has 3 rings (SSSR count). The van der Waals surface area contributed by atoms with Crippen molar-refractivity contribution in [3.05, 3.63) is 83.4 Å². The van der Waals surface area contributed by atoms with E-state index in [1.807, 2.05) is 48.5 Å². The Morgan fingerprint density at radius 3 is 2.11 bits per heavy atom. The van der Waals surface area contributed by atoms with Crippen LogP contribution < -0.4 is 10.6 Å². The van der Waals surface area contributed by atoms with Crippen molar-refractivity contribution >= 4 is 58.3 Å². The summed E-state index contributed by atoms with van der Waals surface area (Å²) in [5.41, 5.74) is 1.57. The number of carbonyl (C=O) groups excluding carboxylic acids is 4. The van der Waals surface area contributed by atoms with Crippen LogP contribution in [-0.4, -0.2) is 30.2 Å². The number of hydrogen-bond donors (Lipinski definition) is 2. The summed E-state index contributed by atoms with van der Waals surface area (Å²) in [5, 5.41) is 6.06. The lowest BCUT2D eigenvalue weighted by molar-refractivity contribution is -0.147. The summed E-state index contributed by atoms with van der Waals surface area (Å²) in [5.74, 6) is -1.42. The Labute approximate surface area is 218 Å². The zero-order valence-corrected chi connectivity index (χ0v) is 21.2. The second-order valence-electron chi connectivity index (χ2n) is 7.83. The van der Waals surface area contributed by atoms with E-state index in [4.69, 9.17) is 16.3 Å². The monoisotopic (exact) mass is 524 g/mol. The molecule has 0 radical (unpaired) electrons. The number of ketones is 1. The van der Waals surface area contributed by atoms with Crippen LogP contribution in [0.2, 0.25) is 5.02 Å². The van der Waals surface area contributed by atoms with Crippen LogP contribution in [0.3, 0.4) is 0 Å². The Morgan fingerprint density at radius 2 is 1.44 bits per heavy atom. The van der Waals surface area contributed by atoms with Gasteiger partial charge in [-0.1, -0.05) is 35.5 Å². The standard InChI is InChI=1S/C27H25ClN2O5S/c1-18(31)19-4-2-5-22(16-19)30-26(33)17-35-27(34)7-3-6-25(32)29-21-10-14-24(15-11-21)36-23-12-8-20(28)9-13-23/h2,4-5,8-16H,3,6-7,17H2,1H3,(H,29,32)(H,30,33). The molecule has 0 bridgehead atoms. The second-order valence-corrected chi connectivity index (χ2v) is 9.41. The summed E-state index contributed by atoms with van der Waals surface area (Å²) in [6.07, 6.45) is 0.440. The summed E-state index contributed by atoms with van der Waals surface area (Å²) in [6.45, 7) is 0.984. The number of ether oxygens (including phenoxy) is 1. The second kappa shape index (κ2) is 13.5. The highest BCUT2D eigenvalue weighted by Gasteiger charge is 2.11. The Morgan fingerprint density at radius 1 is 0.806 bits per heavy atom. The maximum absolute atomic E-state index is 12.2. The lowest BCUT2D eigenvalue weighted by atomic mass is 10.1. The zero-order chi connectivity index (χ0) is 25.9. The number of esters is 1. The molecule has 0 heterocycles. The minimum absolute atomic E-state index is 0.0111. The van der Waals surface area contributed by atoms with Crippen molar-refractivity contribution in [1.29, 1.82) is 0 Å². The first kappa shape index (κ1) is 27.0. The molecule has 3 aromatic carbocycles. The predicted octanol–water partition coefficient (Wildman–Crippen LogP) is 5.98. The van der Waals surface area contributed by atoms with E-state index in [1.165, 1.54) is 6.92 Å². The first-order valence-electron chi connectivity index (χ1n) is 11.2. The summed E-state index contributed by atoms with van der Waals surface area (Å²) < 4.78 is 4.96. The van der Waals surface area contributed by atoms with Gasteiger partial charge in [0, 0.05) is 44.6 Å². The topological polar surface area (TPSA) is 102 Å². The van der Waals surface area contributed by atoms with Crippen LogP contribution in [0.25, 0.3) is 0 Å². The lowest BCUT2D eigenvalue weighted by Crippen LogP contribution is -2.21. The molecule has 186 valence electrons. The van der Waals surface area contributed by atoms with Crippen LogP contribution in [0.1, 0.15) is 36.5 Å². The third-order valence-electron chi connectivity index (χ3n) is 4.89. The number of benzene rings is 3. The van der Waals surface area contributed by atoms with Crippen molar-refractivity contribution < 1.29 is 23.9 Å². The van der Waals surface area contributed by atoms with Crippen molar-refractivity contribution in [2.75, 3.05) is 17.2 Å². The molecule has 9 heteroatoms. The van der Waals surface area contributed by atoms with Gasteiger partial charge in [0.15, 0.2) is 12.4 Å². The number of Topliss-reactive ketones (excluding diaryl/α,β-unsaturated/α-hetero) is 1. The van der Waals surface area contributed by atoms with Crippen LogP contribution in [0.4, 0.5) is 11.4 Å². The van der Waals surface area contributed by atoms with Crippen LogP contribution in [0, 0.1) is 0 Å². The minimum atomic E-state index is -0.570. The van der Waals surface area contributed by atoms with Gasteiger partial charge in [-0.05, 0) is 74.0 Å². The molecule has 0 spiro atoms. The third kappa shape index (κ3) is 9.20. The molecule has 0 aliphatic rings. The highest BCUT2D eigenvalue weighted by atomic mass is 35.5. The molecule has 2 amide bonds. The highest BCUT2D eigenvalue weighted by molar-refractivity contribution is 7.99. The average molecular weight is 525 g/mol. The van der Waals surface area contributed by atoms with Crippen LogP contribution in [0.15, 0.2) is 82.6 Å². The van der Waals surface area contributed by atoms with Crippen LogP contribution in [0.5, 0.6) is 0 Å². The molecule has 0 aliphatic carbocycles. The normalized spacial score (nSPS) is 10.4. The van der Waals surface area contributed by atoms with Crippen molar-refractivity contribution in [2.45, 2.75) is 36.0 Å². The van der Waals surface area contributed by atoms with Gasteiger partial charge in [0.1, 0.15) is 0 Å². The summed E-state index contributed by atoms with van der Waals surface area (Å²) in [4.78, 5) is 49.6. The van der Waals surface area contributed by atoms with Crippen molar-refractivity contribution in [2.24, 2.45) is 0 Å². The Hall–Kier alpha value is -3.62. The minimum Gasteiger partial charge on any atom is -0.456 e. The SMILES string of the molecule is CC(=O)c1cccc(NC(=O)COC(=O)CCCC(=O)Nc2ccc(Sc3ccc(Cl)cc3)cc2)c1. The fraction of sp³-hybridized carbons (Fsp3) is 0.185. The number of hydrogen-bond acceptors (Lipinski definition) is 6. The summed E-state index contributed by atoms with van der Waals surface area (Å²) in [6, 6.07) is 21.5. The molecule has 0 aromatic heterocycles. The van der Waals surface area contributed by atoms with E-state index in [2.05, 4.69) is 10.6 Å². The van der Waals surface area contributed by atoms with Crippen molar-refractivity contribution in [1.82, 2.24) is 0 Å². The van der Waals surface area contributed by atoms with E-state index in [0.29, 0.717) is 22.0 Å². The molecule has 0 atom stereocenters. The van der Waals surface area contributed by atoms with Gasteiger partial charge in [-0.3, -0.25) is 19.2 Å². The van der Waals surface area contributed by atoms with Gasteiger partial charge in [0.2, 0.25) is 5.91 Å². The quantitative estimate of drug-likeness (QED) is 0.236. The predicted molar refractivity (Wildman–Crippen MR) is 141 cm³/mol. The van der Waals surface area contributed by atoms with Crippen molar-refractivity contribution in [3.8, 4) is 0 Å². The Kier molecular flexibility index (Phi) is 10.1. The molecule has 0 saturated carbocycles. The van der Waals surface area contributed by atoms with Crippen LogP contribution >= 0.6 is 23.4 Å². The molecule has 7 nitrogen and oxygen atoms in total. The van der Waals surface area contributed by atoms with E-state index >= 15 is 0 Å². The van der Waals surface area contributed by atoms with E-state index in [-0.39, 0.29) is 31.0 Å². The number of halogens is 1. The van der Waals surface area contributed by atoms with Crippen LogP contribution in [-0.2, 0) is 19.1 Å². The first-order valence-corrected chi connectivity index (χ1v) is 12.4. The molecule has 0 saturated heterocycles. The Balaban J connectivity index is 1.33. The number of anilines is 2. The highest BCUT2D eigenvalue weighted by Crippen LogP contribution is 2.29. The lowest BCUT2D eigenvalue weighted by Gasteiger charge is -2.08. The van der Waals surface area contributed by atoms with Gasteiger partial charge in [-0.25, -0.2) is 0 Å². The van der Waals surface area contributed by atoms with Gasteiger partial charge < -0.3 is 15.4 Å². The van der Waals surface area contributed by atoms with E-state index in [9.17, 15) is 19.2 Å². The molecule has 3 aromatic rings. The van der Waals surface area contributed by atoms with Crippen molar-refractivity contribution in [3.63, 3.8) is 0 Å². The number of amides is 2. The van der Waals surface area contributed by atoms with Gasteiger partial charge in [-0.15, -0.1) is 0 Å². The zero-order valence-electron chi connectivity index (χ0n) is 19.6. The smallest absolute Gasteiger partial charge is 0.306 e. The molecule has 36 heavy (non-hydrogen) atoms. The first-order chi connectivity index (χ1) is 17.3. The number of rotatable bonds is 11. The molecular weight excluding hydrogens is 500 g/mol. The summed E-state index contributed by atoms with van der Waals surface area (Å²) >= 11 is 7.49. The van der Waals surface area contributed by atoms with Gasteiger partial charge in [0.25, 0.3) is 5.91 Å².